The molecule has 12 heteroatoms. The number of amides is 3. The highest BCUT2D eigenvalue weighted by Crippen LogP contribution is 2.52. The third kappa shape index (κ3) is 4.61. The highest BCUT2D eigenvalue weighted by atomic mass is 32.1. The third-order valence-corrected chi connectivity index (χ3v) is 7.05. The zero-order chi connectivity index (χ0) is 24.2. The molecular weight excluding hydrogens is 448 g/mol. The number of aromatic nitrogens is 3. The van der Waals surface area contributed by atoms with Crippen molar-refractivity contribution in [3.63, 3.8) is 0 Å². The van der Waals surface area contributed by atoms with Gasteiger partial charge in [-0.1, -0.05) is 0 Å². The third-order valence-electron chi connectivity index (χ3n) is 6.42. The summed E-state index contributed by atoms with van der Waals surface area (Å²) in [5.74, 6) is -0.529. The Labute approximate surface area is 195 Å². The predicted molar refractivity (Wildman–Crippen MR) is 120 cm³/mol. The van der Waals surface area contributed by atoms with Gasteiger partial charge in [-0.25, -0.2) is 9.97 Å². The van der Waals surface area contributed by atoms with E-state index < -0.39 is 5.41 Å². The van der Waals surface area contributed by atoms with Crippen LogP contribution >= 0.6 is 11.3 Å². The minimum absolute atomic E-state index is 0.0128. The van der Waals surface area contributed by atoms with Gasteiger partial charge in [-0.15, -0.1) is 11.3 Å². The van der Waals surface area contributed by atoms with E-state index in [1.165, 1.54) is 18.4 Å². The van der Waals surface area contributed by atoms with Crippen LogP contribution in [0.2, 0.25) is 0 Å². The predicted octanol–water partition coefficient (Wildman–Crippen LogP) is 0.354. The minimum atomic E-state index is -0.798. The fourth-order valence-corrected chi connectivity index (χ4v) is 5.61. The fourth-order valence-electron chi connectivity index (χ4n) is 5.05. The lowest BCUT2D eigenvalue weighted by Crippen LogP contribution is -2.52. The number of carboxylic acid groups (broad SMARTS) is 1. The van der Waals surface area contributed by atoms with Gasteiger partial charge in [-0.3, -0.25) is 19.2 Å². The lowest BCUT2D eigenvalue weighted by molar-refractivity contribution is -0.134. The number of imidazole rings is 1. The first-order valence-electron chi connectivity index (χ1n) is 10.5. The van der Waals surface area contributed by atoms with E-state index >= 15 is 0 Å². The number of aryl methyl sites for hydroxylation is 2. The number of rotatable bonds is 6. The summed E-state index contributed by atoms with van der Waals surface area (Å²) in [6.45, 7) is 1.49. The second-order valence-electron chi connectivity index (χ2n) is 8.23. The summed E-state index contributed by atoms with van der Waals surface area (Å²) in [6, 6.07) is -0.253. The molecule has 2 aromatic rings. The molecule has 0 spiro atoms. The zero-order valence-corrected chi connectivity index (χ0v) is 19.6. The highest BCUT2D eigenvalue weighted by molar-refractivity contribution is 7.07. The van der Waals surface area contributed by atoms with Crippen LogP contribution in [0, 0.1) is 12.3 Å². The van der Waals surface area contributed by atoms with E-state index in [2.05, 4.69) is 20.6 Å². The SMILES string of the molecule is CNC(=O)CNC(=O)[C@@]1(Cc2cscn2)C[C@H]2CC[C@@H]1N2C(=O)c1c(C)ncn1C.O=CO. The molecule has 33 heavy (non-hydrogen) atoms. The minimum Gasteiger partial charge on any atom is -0.483 e. The van der Waals surface area contributed by atoms with Crippen LogP contribution in [0.1, 0.15) is 41.1 Å². The lowest BCUT2D eigenvalue weighted by atomic mass is 9.70. The summed E-state index contributed by atoms with van der Waals surface area (Å²) < 4.78 is 1.74. The van der Waals surface area contributed by atoms with Crippen LogP contribution in [0.3, 0.4) is 0 Å². The van der Waals surface area contributed by atoms with E-state index in [9.17, 15) is 14.4 Å². The van der Waals surface area contributed by atoms with Crippen LogP contribution < -0.4 is 10.6 Å². The van der Waals surface area contributed by atoms with Crippen molar-refractivity contribution in [1.82, 2.24) is 30.1 Å². The molecule has 2 saturated heterocycles. The van der Waals surface area contributed by atoms with Gasteiger partial charge in [0.2, 0.25) is 11.8 Å². The lowest BCUT2D eigenvalue weighted by Gasteiger charge is -2.35. The molecule has 178 valence electrons. The summed E-state index contributed by atoms with van der Waals surface area (Å²) in [5.41, 5.74) is 3.03. The van der Waals surface area contributed by atoms with Crippen molar-refractivity contribution < 1.29 is 24.3 Å². The zero-order valence-electron chi connectivity index (χ0n) is 18.8. The summed E-state index contributed by atoms with van der Waals surface area (Å²) in [4.78, 5) is 57.5. The standard InChI is InChI=1S/C20H26N6O3S.CH2O2/c1-12-17(25(3)10-23-12)18(28)26-14-4-5-15(26)20(7-14,6-13-9-30-11-24-13)19(29)22-8-16(27)21-2;2-1-3/h9-11,14-15H,4-8H2,1-3H3,(H,21,27)(H,22,29);1H,(H,2,3)/t14-,15+,20+;/m1./s1. The molecule has 3 N–H and O–H groups in total. The Bertz CT molecular complexity index is 1000. The van der Waals surface area contributed by atoms with E-state index in [1.54, 1.807) is 16.4 Å². The molecule has 2 aliphatic rings. The molecule has 2 bridgehead atoms. The molecule has 0 unspecified atom stereocenters. The Kier molecular flexibility index (Phi) is 7.46. The van der Waals surface area contributed by atoms with Crippen molar-refractivity contribution in [2.45, 2.75) is 44.7 Å². The van der Waals surface area contributed by atoms with Crippen LogP contribution in [-0.2, 0) is 27.9 Å². The quantitative estimate of drug-likeness (QED) is 0.510. The van der Waals surface area contributed by atoms with Crippen molar-refractivity contribution in [3.05, 3.63) is 34.3 Å². The van der Waals surface area contributed by atoms with Crippen molar-refractivity contribution in [2.24, 2.45) is 12.5 Å². The topological polar surface area (TPSA) is 147 Å². The molecule has 4 heterocycles. The first-order valence-corrected chi connectivity index (χ1v) is 11.5. The summed E-state index contributed by atoms with van der Waals surface area (Å²) in [6.07, 6.45) is 4.28. The maximum atomic E-state index is 13.5. The van der Waals surface area contributed by atoms with E-state index in [4.69, 9.17) is 9.90 Å². The average molecular weight is 477 g/mol. The molecule has 0 radical (unpaired) electrons. The maximum absolute atomic E-state index is 13.5. The summed E-state index contributed by atoms with van der Waals surface area (Å²) >= 11 is 1.49. The van der Waals surface area contributed by atoms with Gasteiger partial charge in [0, 0.05) is 38.0 Å². The molecule has 0 aromatic carbocycles. The molecule has 3 atom stereocenters. The first kappa shape index (κ1) is 24.4. The number of hydrogen-bond acceptors (Lipinski definition) is 7. The number of nitrogens with zero attached hydrogens (tertiary/aromatic N) is 4. The van der Waals surface area contributed by atoms with Gasteiger partial charge in [0.1, 0.15) is 5.69 Å². The number of carbonyl (C=O) groups excluding carboxylic acids is 3. The molecular formula is C21H28N6O5S. The number of carbonyl (C=O) groups is 4. The van der Waals surface area contributed by atoms with Gasteiger partial charge >= 0.3 is 0 Å². The second-order valence-corrected chi connectivity index (χ2v) is 8.95. The second kappa shape index (κ2) is 10.1. The van der Waals surface area contributed by atoms with Gasteiger partial charge in [0.05, 0.1) is 35.2 Å². The van der Waals surface area contributed by atoms with Crippen molar-refractivity contribution in [2.75, 3.05) is 13.6 Å². The molecule has 0 aliphatic carbocycles. The van der Waals surface area contributed by atoms with E-state index in [-0.39, 0.29) is 42.8 Å². The summed E-state index contributed by atoms with van der Waals surface area (Å²) in [7, 11) is 3.34. The van der Waals surface area contributed by atoms with Gasteiger partial charge in [0.15, 0.2) is 0 Å². The van der Waals surface area contributed by atoms with E-state index in [0.29, 0.717) is 24.2 Å². The van der Waals surface area contributed by atoms with Crippen molar-refractivity contribution in [1.29, 1.82) is 0 Å². The Morgan fingerprint density at radius 2 is 2.06 bits per heavy atom. The average Bonchev–Trinajstić information content (AvgIpc) is 3.57. The molecule has 11 nitrogen and oxygen atoms in total. The summed E-state index contributed by atoms with van der Waals surface area (Å²) in [5, 5.41) is 14.2. The largest absolute Gasteiger partial charge is 0.483 e. The van der Waals surface area contributed by atoms with E-state index in [0.717, 1.165) is 18.5 Å². The Morgan fingerprint density at radius 1 is 1.33 bits per heavy atom. The number of nitrogens with one attached hydrogen (secondary N) is 2. The molecule has 2 aromatic heterocycles. The van der Waals surface area contributed by atoms with Gasteiger partial charge in [-0.2, -0.15) is 0 Å². The fraction of sp³-hybridized carbons (Fsp3) is 0.524. The molecule has 3 amide bonds. The van der Waals surface area contributed by atoms with Crippen LogP contribution in [0.15, 0.2) is 17.2 Å². The van der Waals surface area contributed by atoms with E-state index in [1.807, 2.05) is 24.3 Å². The van der Waals surface area contributed by atoms with Crippen LogP contribution in [0.25, 0.3) is 0 Å². The van der Waals surface area contributed by atoms with Crippen molar-refractivity contribution in [3.8, 4) is 0 Å². The normalized spacial score (nSPS) is 22.9. The molecule has 0 saturated carbocycles. The number of hydrogen-bond donors (Lipinski definition) is 3. The van der Waals surface area contributed by atoms with Crippen LogP contribution in [0.5, 0.6) is 0 Å². The number of fused-ring (bicyclic) bond motifs is 2. The van der Waals surface area contributed by atoms with Gasteiger partial charge in [-0.05, 0) is 26.2 Å². The van der Waals surface area contributed by atoms with Gasteiger partial charge < -0.3 is 25.2 Å². The highest BCUT2D eigenvalue weighted by Gasteiger charge is 2.61. The van der Waals surface area contributed by atoms with Crippen molar-refractivity contribution >= 4 is 35.5 Å². The van der Waals surface area contributed by atoms with Crippen LogP contribution in [0.4, 0.5) is 0 Å². The Morgan fingerprint density at radius 3 is 2.64 bits per heavy atom. The molecule has 2 fully saturated rings. The number of likely N-dealkylation sites (N-methyl/N-ethyl adjacent to an activating group) is 1. The van der Waals surface area contributed by atoms with Gasteiger partial charge in [0.25, 0.3) is 12.4 Å². The number of thiazole rings is 1. The smallest absolute Gasteiger partial charge is 0.290 e. The van der Waals surface area contributed by atoms with Crippen LogP contribution in [-0.4, -0.2) is 74.4 Å². The molecule has 4 rings (SSSR count). The Hall–Kier alpha value is -3.28. The molecule has 2 aliphatic heterocycles. The Balaban J connectivity index is 0.000000968. The maximum Gasteiger partial charge on any atom is 0.290 e. The first-order chi connectivity index (χ1) is 15.8. The monoisotopic (exact) mass is 476 g/mol.